The van der Waals surface area contributed by atoms with E-state index in [1.165, 1.54) is 38.5 Å². The van der Waals surface area contributed by atoms with Gasteiger partial charge in [-0.2, -0.15) is 0 Å². The third-order valence-electron chi connectivity index (χ3n) is 4.06. The van der Waals surface area contributed by atoms with Crippen molar-refractivity contribution in [3.8, 4) is 0 Å². The van der Waals surface area contributed by atoms with Crippen LogP contribution in [0.4, 0.5) is 0 Å². The molecule has 0 aromatic carbocycles. The highest BCUT2D eigenvalue weighted by atomic mass is 14.7. The van der Waals surface area contributed by atoms with Crippen LogP contribution in [0.15, 0.2) is 0 Å². The standard InChI is InChI=1S/C13H26N/c1-4-8-12(14)13(11(2)3)9-6-5-7-10-13/h6,11-12H,4-5,7-10,14H2,1-3H3. The zero-order valence-corrected chi connectivity index (χ0v) is 10.1. The van der Waals surface area contributed by atoms with Crippen LogP contribution in [0.5, 0.6) is 0 Å². The molecule has 0 bridgehead atoms. The van der Waals surface area contributed by atoms with Crippen LogP contribution in [-0.4, -0.2) is 6.04 Å². The second-order valence-corrected chi connectivity index (χ2v) is 5.17. The third-order valence-corrected chi connectivity index (χ3v) is 4.06. The van der Waals surface area contributed by atoms with E-state index in [9.17, 15) is 0 Å². The fraction of sp³-hybridized carbons (Fsp3) is 0.923. The van der Waals surface area contributed by atoms with E-state index in [4.69, 9.17) is 5.73 Å². The zero-order valence-electron chi connectivity index (χ0n) is 10.1. The van der Waals surface area contributed by atoms with E-state index in [0.717, 1.165) is 5.92 Å². The Balaban J connectivity index is 2.69. The summed E-state index contributed by atoms with van der Waals surface area (Å²) in [5.41, 5.74) is 6.79. The molecular weight excluding hydrogens is 170 g/mol. The zero-order chi connectivity index (χ0) is 10.6. The average Bonchev–Trinajstić information content (AvgIpc) is 2.19. The Kier molecular flexibility index (Phi) is 4.43. The quantitative estimate of drug-likeness (QED) is 0.731. The lowest BCUT2D eigenvalue weighted by Gasteiger charge is -2.45. The van der Waals surface area contributed by atoms with Crippen molar-refractivity contribution in [2.75, 3.05) is 0 Å². The predicted octanol–water partition coefficient (Wildman–Crippen LogP) is 3.53. The molecule has 1 heteroatoms. The molecule has 0 amide bonds. The van der Waals surface area contributed by atoms with Crippen LogP contribution in [0.3, 0.4) is 0 Å². The van der Waals surface area contributed by atoms with Gasteiger partial charge in [-0.3, -0.25) is 0 Å². The molecule has 83 valence electrons. The highest BCUT2D eigenvalue weighted by Gasteiger charge is 2.39. The van der Waals surface area contributed by atoms with Crippen LogP contribution in [-0.2, 0) is 0 Å². The lowest BCUT2D eigenvalue weighted by molar-refractivity contribution is 0.0978. The van der Waals surface area contributed by atoms with E-state index in [-0.39, 0.29) is 0 Å². The van der Waals surface area contributed by atoms with E-state index in [0.29, 0.717) is 11.5 Å². The lowest BCUT2D eigenvalue weighted by atomic mass is 9.62. The minimum Gasteiger partial charge on any atom is -0.327 e. The number of rotatable bonds is 4. The minimum absolute atomic E-state index is 0.407. The lowest BCUT2D eigenvalue weighted by Crippen LogP contribution is -2.46. The summed E-state index contributed by atoms with van der Waals surface area (Å²) < 4.78 is 0. The molecule has 0 heterocycles. The Morgan fingerprint density at radius 3 is 2.57 bits per heavy atom. The Morgan fingerprint density at radius 2 is 2.14 bits per heavy atom. The van der Waals surface area contributed by atoms with E-state index >= 15 is 0 Å². The molecule has 14 heavy (non-hydrogen) atoms. The summed E-state index contributed by atoms with van der Waals surface area (Å²) >= 11 is 0. The van der Waals surface area contributed by atoms with Crippen molar-refractivity contribution in [1.29, 1.82) is 0 Å². The van der Waals surface area contributed by atoms with Gasteiger partial charge in [-0.05, 0) is 37.0 Å². The predicted molar refractivity (Wildman–Crippen MR) is 62.9 cm³/mol. The van der Waals surface area contributed by atoms with Gasteiger partial charge in [-0.15, -0.1) is 0 Å². The molecule has 1 radical (unpaired) electrons. The normalized spacial score (nSPS) is 23.8. The van der Waals surface area contributed by atoms with Crippen molar-refractivity contribution in [1.82, 2.24) is 0 Å². The molecule has 1 rings (SSSR count). The molecule has 1 aliphatic carbocycles. The molecule has 1 saturated carbocycles. The summed E-state index contributed by atoms with van der Waals surface area (Å²) in [5.74, 6) is 0.723. The van der Waals surface area contributed by atoms with Gasteiger partial charge >= 0.3 is 0 Å². The summed E-state index contributed by atoms with van der Waals surface area (Å²) in [7, 11) is 0. The van der Waals surface area contributed by atoms with Crippen LogP contribution >= 0.6 is 0 Å². The molecular formula is C13H26N. The first-order valence-corrected chi connectivity index (χ1v) is 6.20. The van der Waals surface area contributed by atoms with Gasteiger partial charge in [-0.1, -0.05) is 40.0 Å². The highest BCUT2D eigenvalue weighted by molar-refractivity contribution is 4.98. The summed E-state index contributed by atoms with van der Waals surface area (Å²) in [5, 5.41) is 0. The molecule has 2 atom stereocenters. The van der Waals surface area contributed by atoms with E-state index in [2.05, 4.69) is 27.2 Å². The van der Waals surface area contributed by atoms with Gasteiger partial charge in [0.25, 0.3) is 0 Å². The van der Waals surface area contributed by atoms with Crippen molar-refractivity contribution in [3.05, 3.63) is 6.42 Å². The second kappa shape index (κ2) is 5.16. The molecule has 0 spiro atoms. The fourth-order valence-corrected chi connectivity index (χ4v) is 2.94. The third kappa shape index (κ3) is 2.31. The number of hydrogen-bond donors (Lipinski definition) is 1. The van der Waals surface area contributed by atoms with Crippen LogP contribution in [0, 0.1) is 17.8 Å². The summed E-state index contributed by atoms with van der Waals surface area (Å²) in [6.45, 7) is 6.92. The maximum absolute atomic E-state index is 6.37. The Hall–Kier alpha value is -0.0400. The molecule has 1 nitrogen and oxygen atoms in total. The first-order chi connectivity index (χ1) is 6.63. The van der Waals surface area contributed by atoms with Gasteiger partial charge in [0, 0.05) is 6.04 Å². The summed E-state index contributed by atoms with van der Waals surface area (Å²) in [4.78, 5) is 0. The summed E-state index contributed by atoms with van der Waals surface area (Å²) in [6, 6.07) is 0.407. The molecule has 0 saturated heterocycles. The van der Waals surface area contributed by atoms with Gasteiger partial charge in [0.2, 0.25) is 0 Å². The van der Waals surface area contributed by atoms with Crippen LogP contribution in [0.25, 0.3) is 0 Å². The highest BCUT2D eigenvalue weighted by Crippen LogP contribution is 2.45. The van der Waals surface area contributed by atoms with Crippen LogP contribution in [0.2, 0.25) is 0 Å². The topological polar surface area (TPSA) is 26.0 Å². The largest absolute Gasteiger partial charge is 0.327 e. The molecule has 1 fully saturated rings. The Morgan fingerprint density at radius 1 is 1.43 bits per heavy atom. The average molecular weight is 196 g/mol. The van der Waals surface area contributed by atoms with Crippen LogP contribution < -0.4 is 5.73 Å². The maximum Gasteiger partial charge on any atom is 0.00980 e. The van der Waals surface area contributed by atoms with Gasteiger partial charge < -0.3 is 5.73 Å². The maximum atomic E-state index is 6.37. The number of hydrogen-bond acceptors (Lipinski definition) is 1. The molecule has 2 unspecified atom stereocenters. The molecule has 0 aromatic rings. The van der Waals surface area contributed by atoms with Crippen molar-refractivity contribution in [3.63, 3.8) is 0 Å². The summed E-state index contributed by atoms with van der Waals surface area (Å²) in [6.07, 6.45) is 10.1. The smallest absolute Gasteiger partial charge is 0.00980 e. The monoisotopic (exact) mass is 196 g/mol. The van der Waals surface area contributed by atoms with E-state index in [1.807, 2.05) is 0 Å². The molecule has 2 N–H and O–H groups in total. The van der Waals surface area contributed by atoms with Crippen molar-refractivity contribution in [2.24, 2.45) is 17.1 Å². The van der Waals surface area contributed by atoms with Gasteiger partial charge in [0.05, 0.1) is 0 Å². The number of nitrogens with two attached hydrogens (primary N) is 1. The first-order valence-electron chi connectivity index (χ1n) is 6.20. The fourth-order valence-electron chi connectivity index (χ4n) is 2.94. The van der Waals surface area contributed by atoms with Crippen molar-refractivity contribution < 1.29 is 0 Å². The van der Waals surface area contributed by atoms with E-state index in [1.54, 1.807) is 0 Å². The second-order valence-electron chi connectivity index (χ2n) is 5.17. The van der Waals surface area contributed by atoms with Gasteiger partial charge in [0.15, 0.2) is 0 Å². The SMILES string of the molecule is CCCC(N)C1(C(C)C)C[CH]CCC1. The Labute approximate surface area is 89.5 Å². The van der Waals surface area contributed by atoms with Crippen molar-refractivity contribution >= 4 is 0 Å². The Bertz CT molecular complexity index is 157. The molecule has 1 aliphatic rings. The molecule has 0 aromatic heterocycles. The van der Waals surface area contributed by atoms with E-state index < -0.39 is 0 Å². The van der Waals surface area contributed by atoms with Gasteiger partial charge in [-0.25, -0.2) is 0 Å². The van der Waals surface area contributed by atoms with Gasteiger partial charge in [0.1, 0.15) is 0 Å². The first kappa shape index (κ1) is 12.0. The van der Waals surface area contributed by atoms with Crippen molar-refractivity contribution in [2.45, 2.75) is 65.3 Å². The molecule has 0 aliphatic heterocycles. The van der Waals surface area contributed by atoms with Crippen LogP contribution in [0.1, 0.15) is 59.3 Å². The minimum atomic E-state index is 0.407.